The zero-order valence-electron chi connectivity index (χ0n) is 14.6. The van der Waals surface area contributed by atoms with Crippen LogP contribution >= 0.6 is 0 Å². The van der Waals surface area contributed by atoms with Gasteiger partial charge in [0.1, 0.15) is 17.3 Å². The Labute approximate surface area is 158 Å². The average Bonchev–Trinajstić information content (AvgIpc) is 3.26. The number of hydrogen-bond donors (Lipinski definition) is 0. The van der Waals surface area contributed by atoms with Crippen LogP contribution in [0.5, 0.6) is 0 Å². The summed E-state index contributed by atoms with van der Waals surface area (Å²) in [4.78, 5) is 22.3. The van der Waals surface area contributed by atoms with Crippen LogP contribution in [0.25, 0.3) is 16.9 Å². The first kappa shape index (κ1) is 16.6. The SMILES string of the molecule is O=C1c2cccnc2CN1Cc1c(F)cc(-c2cnc3ccccn23)cc1F. The molecule has 0 atom stereocenters. The summed E-state index contributed by atoms with van der Waals surface area (Å²) in [5, 5.41) is 0. The molecule has 0 N–H and O–H groups in total. The number of hydrogen-bond acceptors (Lipinski definition) is 3. The van der Waals surface area contributed by atoms with E-state index in [1.54, 1.807) is 35.1 Å². The number of halogens is 2. The average molecular weight is 376 g/mol. The number of rotatable bonds is 3. The predicted molar refractivity (Wildman–Crippen MR) is 98.4 cm³/mol. The van der Waals surface area contributed by atoms with Gasteiger partial charge in [-0.1, -0.05) is 6.07 Å². The highest BCUT2D eigenvalue weighted by Crippen LogP contribution is 2.28. The first-order valence-electron chi connectivity index (χ1n) is 8.75. The minimum Gasteiger partial charge on any atom is -0.328 e. The maximum absolute atomic E-state index is 14.8. The van der Waals surface area contributed by atoms with Gasteiger partial charge < -0.3 is 4.90 Å². The third kappa shape index (κ3) is 2.55. The maximum Gasteiger partial charge on any atom is 0.256 e. The van der Waals surface area contributed by atoms with Crippen molar-refractivity contribution >= 4 is 11.6 Å². The van der Waals surface area contributed by atoms with E-state index in [1.807, 2.05) is 18.2 Å². The van der Waals surface area contributed by atoms with Crippen molar-refractivity contribution in [2.24, 2.45) is 0 Å². The number of fused-ring (bicyclic) bond motifs is 2. The first-order chi connectivity index (χ1) is 13.6. The molecule has 1 amide bonds. The van der Waals surface area contributed by atoms with E-state index in [2.05, 4.69) is 9.97 Å². The molecule has 0 aliphatic carbocycles. The molecule has 1 aromatic carbocycles. The number of carbonyl (C=O) groups excluding carboxylic acids is 1. The second-order valence-electron chi connectivity index (χ2n) is 6.65. The molecular formula is C21H14F2N4O. The van der Waals surface area contributed by atoms with E-state index >= 15 is 0 Å². The van der Waals surface area contributed by atoms with Crippen molar-refractivity contribution in [3.05, 3.63) is 89.5 Å². The Hall–Kier alpha value is -3.61. The van der Waals surface area contributed by atoms with E-state index in [4.69, 9.17) is 0 Å². The number of benzene rings is 1. The topological polar surface area (TPSA) is 50.5 Å². The summed E-state index contributed by atoms with van der Waals surface area (Å²) in [5.41, 5.74) is 2.62. The van der Waals surface area contributed by atoms with Crippen molar-refractivity contribution in [3.8, 4) is 11.3 Å². The third-order valence-corrected chi connectivity index (χ3v) is 4.95. The van der Waals surface area contributed by atoms with Gasteiger partial charge in [0.05, 0.1) is 36.2 Å². The fourth-order valence-corrected chi connectivity index (χ4v) is 3.55. The molecule has 5 rings (SSSR count). The molecule has 0 spiro atoms. The molecule has 1 aliphatic heterocycles. The van der Waals surface area contributed by atoms with Crippen LogP contribution in [-0.4, -0.2) is 25.2 Å². The van der Waals surface area contributed by atoms with Gasteiger partial charge in [-0.15, -0.1) is 0 Å². The zero-order chi connectivity index (χ0) is 19.3. The van der Waals surface area contributed by atoms with Crippen molar-refractivity contribution in [1.82, 2.24) is 19.3 Å². The van der Waals surface area contributed by atoms with Crippen molar-refractivity contribution in [2.45, 2.75) is 13.1 Å². The zero-order valence-corrected chi connectivity index (χ0v) is 14.6. The van der Waals surface area contributed by atoms with Gasteiger partial charge in [-0.3, -0.25) is 14.2 Å². The summed E-state index contributed by atoms with van der Waals surface area (Å²) in [6, 6.07) is 11.4. The summed E-state index contributed by atoms with van der Waals surface area (Å²) >= 11 is 0. The lowest BCUT2D eigenvalue weighted by Gasteiger charge is -2.17. The summed E-state index contributed by atoms with van der Waals surface area (Å²) in [6.45, 7) is 0.0865. The smallest absolute Gasteiger partial charge is 0.256 e. The van der Waals surface area contributed by atoms with Crippen LogP contribution in [0.3, 0.4) is 0 Å². The van der Waals surface area contributed by atoms with E-state index in [1.165, 1.54) is 17.0 Å². The van der Waals surface area contributed by atoms with E-state index < -0.39 is 11.6 Å². The largest absolute Gasteiger partial charge is 0.328 e. The Bertz CT molecular complexity index is 1210. The van der Waals surface area contributed by atoms with Gasteiger partial charge in [0.2, 0.25) is 0 Å². The fourth-order valence-electron chi connectivity index (χ4n) is 3.55. The van der Waals surface area contributed by atoms with Crippen molar-refractivity contribution in [3.63, 3.8) is 0 Å². The van der Waals surface area contributed by atoms with Gasteiger partial charge >= 0.3 is 0 Å². The molecule has 0 saturated heterocycles. The Balaban J connectivity index is 1.49. The highest BCUT2D eigenvalue weighted by molar-refractivity contribution is 5.97. The standard InChI is InChI=1S/C21H14F2N4O/c22-16-8-13(19-10-25-20-5-1-2-7-27(19)20)9-17(23)15(16)11-26-12-18-14(21(26)28)4-3-6-24-18/h1-10H,11-12H2. The van der Waals surface area contributed by atoms with Crippen molar-refractivity contribution in [1.29, 1.82) is 0 Å². The minimum atomic E-state index is -0.697. The molecule has 4 heterocycles. The lowest BCUT2D eigenvalue weighted by Crippen LogP contribution is -2.24. The van der Waals surface area contributed by atoms with Crippen molar-refractivity contribution in [2.75, 3.05) is 0 Å². The van der Waals surface area contributed by atoms with E-state index in [-0.39, 0.29) is 24.6 Å². The Kier molecular flexibility index (Phi) is 3.68. The van der Waals surface area contributed by atoms with Gasteiger partial charge in [0, 0.05) is 23.5 Å². The van der Waals surface area contributed by atoms with Gasteiger partial charge in [0.25, 0.3) is 5.91 Å². The number of nitrogens with zero attached hydrogens (tertiary/aromatic N) is 4. The van der Waals surface area contributed by atoms with E-state index in [0.29, 0.717) is 28.2 Å². The number of carbonyl (C=O) groups is 1. The number of pyridine rings is 2. The summed E-state index contributed by atoms with van der Waals surface area (Å²) in [5.74, 6) is -1.66. The lowest BCUT2D eigenvalue weighted by molar-refractivity contribution is 0.0763. The van der Waals surface area contributed by atoms with Gasteiger partial charge in [-0.2, -0.15) is 0 Å². The quantitative estimate of drug-likeness (QED) is 0.546. The minimum absolute atomic E-state index is 0.140. The Morgan fingerprint density at radius 1 is 1.04 bits per heavy atom. The van der Waals surface area contributed by atoms with Crippen LogP contribution in [0.1, 0.15) is 21.6 Å². The van der Waals surface area contributed by atoms with Gasteiger partial charge in [-0.05, 0) is 36.4 Å². The number of aromatic nitrogens is 3. The molecular weight excluding hydrogens is 362 g/mol. The second kappa shape index (κ2) is 6.23. The van der Waals surface area contributed by atoms with Crippen LogP contribution in [0.15, 0.2) is 61.1 Å². The summed E-state index contributed by atoms with van der Waals surface area (Å²) in [7, 11) is 0. The second-order valence-corrected chi connectivity index (χ2v) is 6.65. The maximum atomic E-state index is 14.8. The molecule has 0 fully saturated rings. The molecule has 138 valence electrons. The highest BCUT2D eigenvalue weighted by atomic mass is 19.1. The van der Waals surface area contributed by atoms with E-state index in [0.717, 1.165) is 0 Å². The van der Waals surface area contributed by atoms with Crippen LogP contribution in [0, 0.1) is 11.6 Å². The molecule has 0 radical (unpaired) electrons. The van der Waals surface area contributed by atoms with E-state index in [9.17, 15) is 13.6 Å². The molecule has 28 heavy (non-hydrogen) atoms. The monoisotopic (exact) mass is 376 g/mol. The molecule has 5 nitrogen and oxygen atoms in total. The van der Waals surface area contributed by atoms with Crippen LogP contribution in [0.2, 0.25) is 0 Å². The third-order valence-electron chi connectivity index (χ3n) is 4.95. The first-order valence-corrected chi connectivity index (χ1v) is 8.75. The summed E-state index contributed by atoms with van der Waals surface area (Å²) < 4.78 is 31.3. The Morgan fingerprint density at radius 3 is 2.64 bits per heavy atom. The van der Waals surface area contributed by atoms with Crippen LogP contribution in [-0.2, 0) is 13.1 Å². The van der Waals surface area contributed by atoms with Crippen LogP contribution in [0.4, 0.5) is 8.78 Å². The molecule has 0 bridgehead atoms. The molecule has 4 aromatic rings. The predicted octanol–water partition coefficient (Wildman–Crippen LogP) is 3.83. The van der Waals surface area contributed by atoms with Crippen molar-refractivity contribution < 1.29 is 13.6 Å². The number of imidazole rings is 1. The lowest BCUT2D eigenvalue weighted by atomic mass is 10.1. The highest BCUT2D eigenvalue weighted by Gasteiger charge is 2.29. The molecule has 0 saturated carbocycles. The van der Waals surface area contributed by atoms with Crippen LogP contribution < -0.4 is 0 Å². The van der Waals surface area contributed by atoms with Gasteiger partial charge in [-0.25, -0.2) is 13.8 Å². The molecule has 7 heteroatoms. The summed E-state index contributed by atoms with van der Waals surface area (Å²) in [6.07, 6.45) is 4.96. The molecule has 1 aliphatic rings. The molecule has 3 aromatic heterocycles. The number of amides is 1. The fraction of sp³-hybridized carbons (Fsp3) is 0.0952. The Morgan fingerprint density at radius 2 is 1.86 bits per heavy atom. The molecule has 0 unspecified atom stereocenters. The normalized spacial score (nSPS) is 13.4. The van der Waals surface area contributed by atoms with Gasteiger partial charge in [0.15, 0.2) is 0 Å².